The number of nitrogens with two attached hydrogens (primary N) is 1. The number of benzene rings is 1. The molecule has 4 N–H and O–H groups in total. The van der Waals surface area contributed by atoms with Crippen molar-refractivity contribution in [1.29, 1.82) is 0 Å². The van der Waals surface area contributed by atoms with Gasteiger partial charge in [0.1, 0.15) is 5.75 Å². The number of hydrogen-bond donors (Lipinski definition) is 3. The lowest BCUT2D eigenvalue weighted by Crippen LogP contribution is -2.32. The molecule has 0 aliphatic rings. The van der Waals surface area contributed by atoms with Crippen molar-refractivity contribution in [3.63, 3.8) is 0 Å². The SMILES string of the molecule is CC(C)(CO)[C@@H](N)c1cc([N+](=O)[O-])cc(Br)c1O.Cl. The first kappa shape index (κ1) is 18.1. The number of phenolic OH excluding ortho intramolecular Hbond substituents is 1. The molecule has 0 saturated carbocycles. The van der Waals surface area contributed by atoms with Crippen LogP contribution in [0.2, 0.25) is 0 Å². The van der Waals surface area contributed by atoms with Crippen LogP contribution >= 0.6 is 28.3 Å². The number of non-ortho nitro benzene ring substituents is 1. The molecular weight excluding hydrogens is 339 g/mol. The van der Waals surface area contributed by atoms with Crippen LogP contribution in [0.4, 0.5) is 5.69 Å². The van der Waals surface area contributed by atoms with Gasteiger partial charge in [-0.05, 0) is 15.9 Å². The summed E-state index contributed by atoms with van der Waals surface area (Å²) in [4.78, 5) is 10.2. The largest absolute Gasteiger partial charge is 0.506 e. The molecule has 1 atom stereocenters. The minimum Gasteiger partial charge on any atom is -0.506 e. The van der Waals surface area contributed by atoms with Crippen LogP contribution in [0.3, 0.4) is 0 Å². The molecule has 0 amide bonds. The number of halogens is 2. The van der Waals surface area contributed by atoms with Gasteiger partial charge in [0.25, 0.3) is 5.69 Å². The zero-order valence-corrected chi connectivity index (χ0v) is 12.9. The summed E-state index contributed by atoms with van der Waals surface area (Å²) in [6, 6.07) is 1.71. The second-order valence-corrected chi connectivity index (χ2v) is 5.60. The molecule has 0 bridgehead atoms. The first-order valence-corrected chi connectivity index (χ1v) is 6.03. The third-order valence-corrected chi connectivity index (χ3v) is 3.48. The Morgan fingerprint density at radius 3 is 2.47 bits per heavy atom. The van der Waals surface area contributed by atoms with E-state index in [1.165, 1.54) is 12.1 Å². The Morgan fingerprint density at radius 2 is 2.05 bits per heavy atom. The van der Waals surface area contributed by atoms with Crippen LogP contribution in [-0.2, 0) is 0 Å². The third kappa shape index (κ3) is 3.79. The number of rotatable bonds is 4. The average Bonchev–Trinajstić information content (AvgIpc) is 2.31. The Kier molecular flexibility index (Phi) is 6.21. The number of aliphatic hydroxyl groups is 1. The van der Waals surface area contributed by atoms with E-state index in [0.29, 0.717) is 0 Å². The first-order chi connectivity index (χ1) is 8.20. The number of nitro benzene ring substituents is 1. The molecular formula is C11H16BrClN2O4. The van der Waals surface area contributed by atoms with Gasteiger partial charge < -0.3 is 15.9 Å². The van der Waals surface area contributed by atoms with Crippen molar-refractivity contribution in [2.75, 3.05) is 6.61 Å². The minimum atomic E-state index is -0.723. The molecule has 19 heavy (non-hydrogen) atoms. The summed E-state index contributed by atoms with van der Waals surface area (Å²) < 4.78 is 0.205. The van der Waals surface area contributed by atoms with E-state index in [1.54, 1.807) is 13.8 Å². The van der Waals surface area contributed by atoms with Crippen molar-refractivity contribution in [1.82, 2.24) is 0 Å². The number of phenols is 1. The van der Waals surface area contributed by atoms with Crippen molar-refractivity contribution < 1.29 is 15.1 Å². The molecule has 0 fully saturated rings. The van der Waals surface area contributed by atoms with Gasteiger partial charge in [0.05, 0.1) is 9.40 Å². The molecule has 0 aromatic heterocycles. The maximum atomic E-state index is 10.8. The van der Waals surface area contributed by atoms with E-state index < -0.39 is 16.4 Å². The van der Waals surface area contributed by atoms with Gasteiger partial charge in [-0.1, -0.05) is 13.8 Å². The summed E-state index contributed by atoms with van der Waals surface area (Å²) in [5.41, 5.74) is 5.32. The van der Waals surface area contributed by atoms with Crippen LogP contribution in [0.15, 0.2) is 16.6 Å². The molecule has 0 radical (unpaired) electrons. The Bertz CT molecular complexity index is 482. The van der Waals surface area contributed by atoms with E-state index in [1.807, 2.05) is 0 Å². The minimum absolute atomic E-state index is 0. The maximum absolute atomic E-state index is 10.8. The summed E-state index contributed by atoms with van der Waals surface area (Å²) in [6.45, 7) is 3.22. The molecule has 0 spiro atoms. The van der Waals surface area contributed by atoms with E-state index >= 15 is 0 Å². The normalized spacial score (nSPS) is 12.7. The molecule has 1 aromatic rings. The Balaban J connectivity index is 0.00000324. The van der Waals surface area contributed by atoms with Gasteiger partial charge in [-0.3, -0.25) is 10.1 Å². The molecule has 8 heteroatoms. The van der Waals surface area contributed by atoms with Gasteiger partial charge in [-0.25, -0.2) is 0 Å². The summed E-state index contributed by atoms with van der Waals surface area (Å²) in [6.07, 6.45) is 0. The third-order valence-electron chi connectivity index (χ3n) is 2.87. The molecule has 0 saturated heterocycles. The van der Waals surface area contributed by atoms with Crippen LogP contribution in [0.25, 0.3) is 0 Å². The maximum Gasteiger partial charge on any atom is 0.271 e. The molecule has 1 rings (SSSR count). The van der Waals surface area contributed by atoms with Crippen LogP contribution in [0, 0.1) is 15.5 Å². The molecule has 0 aliphatic heterocycles. The smallest absolute Gasteiger partial charge is 0.271 e. The van der Waals surface area contributed by atoms with Crippen LogP contribution in [-0.4, -0.2) is 21.7 Å². The number of nitrogens with zero attached hydrogens (tertiary/aromatic N) is 1. The molecule has 1 aromatic carbocycles. The van der Waals surface area contributed by atoms with E-state index in [0.717, 1.165) is 0 Å². The van der Waals surface area contributed by atoms with E-state index in [2.05, 4.69) is 15.9 Å². The molecule has 0 heterocycles. The quantitative estimate of drug-likeness (QED) is 0.568. The highest BCUT2D eigenvalue weighted by Crippen LogP contribution is 2.40. The molecule has 6 nitrogen and oxygen atoms in total. The van der Waals surface area contributed by atoms with E-state index in [4.69, 9.17) is 5.73 Å². The highest BCUT2D eigenvalue weighted by Gasteiger charge is 2.31. The van der Waals surface area contributed by atoms with Crippen molar-refractivity contribution in [2.45, 2.75) is 19.9 Å². The van der Waals surface area contributed by atoms with Gasteiger partial charge >= 0.3 is 0 Å². The van der Waals surface area contributed by atoms with Gasteiger partial charge in [0.15, 0.2) is 0 Å². The fourth-order valence-corrected chi connectivity index (χ4v) is 1.93. The van der Waals surface area contributed by atoms with Crippen LogP contribution < -0.4 is 5.73 Å². The Morgan fingerprint density at radius 1 is 1.53 bits per heavy atom. The zero-order valence-electron chi connectivity index (χ0n) is 10.5. The van der Waals surface area contributed by atoms with Gasteiger partial charge in [-0.2, -0.15) is 0 Å². The van der Waals surface area contributed by atoms with Crippen LogP contribution in [0.5, 0.6) is 5.75 Å². The predicted octanol–water partition coefficient (Wildman–Crippen LogP) is 2.50. The monoisotopic (exact) mass is 354 g/mol. The lowest BCUT2D eigenvalue weighted by Gasteiger charge is -2.30. The Labute approximate surface area is 125 Å². The predicted molar refractivity (Wildman–Crippen MR) is 77.5 cm³/mol. The highest BCUT2D eigenvalue weighted by molar-refractivity contribution is 9.10. The fraction of sp³-hybridized carbons (Fsp3) is 0.455. The number of aliphatic hydroxyl groups excluding tert-OH is 1. The van der Waals surface area contributed by atoms with Gasteiger partial charge in [-0.15, -0.1) is 12.4 Å². The van der Waals surface area contributed by atoms with Gasteiger partial charge in [0.2, 0.25) is 0 Å². The topological polar surface area (TPSA) is 110 Å². The summed E-state index contributed by atoms with van der Waals surface area (Å²) in [5.74, 6) is -0.144. The van der Waals surface area contributed by atoms with Crippen molar-refractivity contribution in [3.8, 4) is 5.75 Å². The fourth-order valence-electron chi connectivity index (χ4n) is 1.47. The zero-order chi connectivity index (χ0) is 14.1. The lowest BCUT2D eigenvalue weighted by atomic mass is 9.81. The Hall–Kier alpha value is -0.890. The second kappa shape index (κ2) is 6.51. The van der Waals surface area contributed by atoms with Crippen molar-refractivity contribution in [2.24, 2.45) is 11.1 Å². The first-order valence-electron chi connectivity index (χ1n) is 5.24. The summed E-state index contributed by atoms with van der Waals surface area (Å²) in [7, 11) is 0. The van der Waals surface area contributed by atoms with E-state index in [9.17, 15) is 20.3 Å². The molecule has 108 valence electrons. The highest BCUT2D eigenvalue weighted by atomic mass is 79.9. The standard InChI is InChI=1S/C11H15BrN2O4.ClH/c1-11(2,5-15)10(13)7-3-6(14(17)18)4-8(12)9(7)16;/h3-4,10,15-16H,5,13H2,1-2H3;1H/t10-;/m0./s1. The van der Waals surface area contributed by atoms with Crippen molar-refractivity contribution in [3.05, 3.63) is 32.3 Å². The molecule has 0 unspecified atom stereocenters. The number of aromatic hydroxyl groups is 1. The van der Waals surface area contributed by atoms with Crippen molar-refractivity contribution >= 4 is 34.0 Å². The second-order valence-electron chi connectivity index (χ2n) is 4.75. The van der Waals surface area contributed by atoms with Crippen LogP contribution in [0.1, 0.15) is 25.5 Å². The number of hydrogen-bond acceptors (Lipinski definition) is 5. The average molecular weight is 356 g/mol. The summed E-state index contributed by atoms with van der Waals surface area (Å²) >= 11 is 3.05. The van der Waals surface area contributed by atoms with Gasteiger partial charge in [0, 0.05) is 35.8 Å². The number of nitro groups is 1. The molecule has 0 aliphatic carbocycles. The van der Waals surface area contributed by atoms with E-state index in [-0.39, 0.29) is 40.5 Å². The lowest BCUT2D eigenvalue weighted by molar-refractivity contribution is -0.385. The summed E-state index contributed by atoms with van der Waals surface area (Å²) in [5, 5.41) is 29.9.